The van der Waals surface area contributed by atoms with Gasteiger partial charge in [0.05, 0.1) is 0 Å². The minimum Gasteiger partial charge on any atom is -0.476 e. The molecule has 0 aliphatic rings. The monoisotopic (exact) mass is 211 g/mol. The second-order valence-electron chi connectivity index (χ2n) is 2.81. The van der Waals surface area contributed by atoms with Crippen molar-refractivity contribution in [1.82, 2.24) is 14.4 Å². The van der Waals surface area contributed by atoms with E-state index in [4.69, 9.17) is 16.7 Å². The first kappa shape index (κ1) is 8.96. The predicted octanol–water partition coefficient (Wildman–Crippen LogP) is 1.39. The van der Waals surface area contributed by atoms with E-state index in [-0.39, 0.29) is 16.5 Å². The SMILES string of the molecule is Cc1cc(Cl)nc2c(C(=O)O)ncn12. The van der Waals surface area contributed by atoms with E-state index in [0.717, 1.165) is 5.69 Å². The summed E-state index contributed by atoms with van der Waals surface area (Å²) < 4.78 is 1.58. The number of carboxylic acids is 1. The van der Waals surface area contributed by atoms with Crippen LogP contribution >= 0.6 is 11.6 Å². The molecule has 0 saturated heterocycles. The van der Waals surface area contributed by atoms with Crippen LogP contribution in [0.1, 0.15) is 16.2 Å². The van der Waals surface area contributed by atoms with Crippen LogP contribution in [0.25, 0.3) is 5.65 Å². The Hall–Kier alpha value is -1.62. The number of aryl methyl sites for hydroxylation is 1. The van der Waals surface area contributed by atoms with Crippen LogP contribution in [-0.4, -0.2) is 25.4 Å². The third kappa shape index (κ3) is 1.22. The fourth-order valence-electron chi connectivity index (χ4n) is 1.23. The maximum Gasteiger partial charge on any atom is 0.358 e. The van der Waals surface area contributed by atoms with E-state index in [1.54, 1.807) is 17.4 Å². The minimum atomic E-state index is -1.11. The summed E-state index contributed by atoms with van der Waals surface area (Å²) in [4.78, 5) is 18.4. The summed E-state index contributed by atoms with van der Waals surface area (Å²) in [5, 5.41) is 9.06. The van der Waals surface area contributed by atoms with Gasteiger partial charge < -0.3 is 5.11 Å². The van der Waals surface area contributed by atoms with Crippen molar-refractivity contribution < 1.29 is 9.90 Å². The number of hydrogen-bond donors (Lipinski definition) is 1. The molecule has 0 fully saturated rings. The Morgan fingerprint density at radius 3 is 3.00 bits per heavy atom. The smallest absolute Gasteiger partial charge is 0.358 e. The van der Waals surface area contributed by atoms with Crippen LogP contribution < -0.4 is 0 Å². The summed E-state index contributed by atoms with van der Waals surface area (Å²) >= 11 is 5.71. The summed E-state index contributed by atoms with van der Waals surface area (Å²) in [7, 11) is 0. The van der Waals surface area contributed by atoms with E-state index in [0.29, 0.717) is 0 Å². The Balaban J connectivity index is 2.85. The highest BCUT2D eigenvalue weighted by atomic mass is 35.5. The Morgan fingerprint density at radius 1 is 1.64 bits per heavy atom. The first-order valence-electron chi connectivity index (χ1n) is 3.83. The fourth-order valence-corrected chi connectivity index (χ4v) is 1.47. The van der Waals surface area contributed by atoms with Crippen LogP contribution in [0.4, 0.5) is 0 Å². The van der Waals surface area contributed by atoms with Gasteiger partial charge in [0.15, 0.2) is 11.3 Å². The molecular formula is C8H6ClN3O2. The number of imidazole rings is 1. The third-order valence-corrected chi connectivity index (χ3v) is 2.06. The first-order chi connectivity index (χ1) is 6.59. The quantitative estimate of drug-likeness (QED) is 0.724. The Kier molecular flexibility index (Phi) is 1.89. The van der Waals surface area contributed by atoms with Gasteiger partial charge in [0.25, 0.3) is 0 Å². The molecule has 1 N–H and O–H groups in total. The molecule has 0 unspecified atom stereocenters. The highest BCUT2D eigenvalue weighted by Crippen LogP contribution is 2.14. The maximum atomic E-state index is 10.7. The van der Waals surface area contributed by atoms with Crippen molar-refractivity contribution in [1.29, 1.82) is 0 Å². The van der Waals surface area contributed by atoms with Crippen LogP contribution in [0, 0.1) is 6.92 Å². The number of aromatic nitrogens is 3. The molecule has 2 aromatic rings. The lowest BCUT2D eigenvalue weighted by Gasteiger charge is -1.99. The molecule has 0 aliphatic heterocycles. The van der Waals surface area contributed by atoms with Gasteiger partial charge in [-0.15, -0.1) is 0 Å². The van der Waals surface area contributed by atoms with Gasteiger partial charge >= 0.3 is 5.97 Å². The van der Waals surface area contributed by atoms with Crippen LogP contribution in [-0.2, 0) is 0 Å². The summed E-state index contributed by atoms with van der Waals surface area (Å²) in [5.41, 5.74) is 0.970. The molecule has 72 valence electrons. The van der Waals surface area contributed by atoms with Crippen molar-refractivity contribution in [2.24, 2.45) is 0 Å². The molecule has 0 saturated carbocycles. The number of hydrogen-bond acceptors (Lipinski definition) is 3. The van der Waals surface area contributed by atoms with Gasteiger partial charge in [-0.25, -0.2) is 14.8 Å². The maximum absolute atomic E-state index is 10.7. The van der Waals surface area contributed by atoms with Gasteiger partial charge in [-0.3, -0.25) is 4.40 Å². The van der Waals surface area contributed by atoms with Crippen LogP contribution in [0.5, 0.6) is 0 Å². The summed E-state index contributed by atoms with van der Waals surface area (Å²) in [5.74, 6) is -1.11. The van der Waals surface area contributed by atoms with Gasteiger partial charge in [0, 0.05) is 5.69 Å². The Bertz CT molecular complexity index is 521. The first-order valence-corrected chi connectivity index (χ1v) is 4.21. The highest BCUT2D eigenvalue weighted by Gasteiger charge is 2.14. The average Bonchev–Trinajstić information content (AvgIpc) is 2.47. The van der Waals surface area contributed by atoms with Gasteiger partial charge in [-0.2, -0.15) is 0 Å². The molecule has 2 aromatic heterocycles. The number of nitrogens with zero attached hydrogens (tertiary/aromatic N) is 3. The van der Waals surface area contributed by atoms with E-state index < -0.39 is 5.97 Å². The predicted molar refractivity (Wildman–Crippen MR) is 49.7 cm³/mol. The van der Waals surface area contributed by atoms with Gasteiger partial charge in [-0.05, 0) is 13.0 Å². The summed E-state index contributed by atoms with van der Waals surface area (Å²) in [6.45, 7) is 1.80. The molecule has 14 heavy (non-hydrogen) atoms. The second-order valence-corrected chi connectivity index (χ2v) is 3.20. The van der Waals surface area contributed by atoms with Crippen molar-refractivity contribution in [3.8, 4) is 0 Å². The third-order valence-electron chi connectivity index (χ3n) is 1.87. The van der Waals surface area contributed by atoms with Crippen molar-refractivity contribution in [3.63, 3.8) is 0 Å². The van der Waals surface area contributed by atoms with Crippen LogP contribution in [0.2, 0.25) is 5.15 Å². The summed E-state index contributed by atoms with van der Waals surface area (Å²) in [6, 6.07) is 1.64. The second kappa shape index (κ2) is 2.95. The van der Waals surface area contributed by atoms with Gasteiger partial charge in [-0.1, -0.05) is 11.6 Å². The Morgan fingerprint density at radius 2 is 2.36 bits per heavy atom. The van der Waals surface area contributed by atoms with Crippen molar-refractivity contribution in [2.45, 2.75) is 6.92 Å². The van der Waals surface area contributed by atoms with E-state index >= 15 is 0 Å². The van der Waals surface area contributed by atoms with E-state index in [2.05, 4.69) is 9.97 Å². The van der Waals surface area contributed by atoms with Crippen molar-refractivity contribution in [3.05, 3.63) is 28.9 Å². The standard InChI is InChI=1S/C8H6ClN3O2/c1-4-2-5(9)11-7-6(8(13)14)10-3-12(4)7/h2-3H,1H3,(H,13,14). The van der Waals surface area contributed by atoms with Crippen LogP contribution in [0.3, 0.4) is 0 Å². The number of fused-ring (bicyclic) bond motifs is 1. The molecule has 6 heteroatoms. The molecule has 0 atom stereocenters. The molecule has 0 bridgehead atoms. The lowest BCUT2D eigenvalue weighted by Crippen LogP contribution is -2.00. The number of aromatic carboxylic acids is 1. The normalized spacial score (nSPS) is 10.7. The average molecular weight is 212 g/mol. The molecule has 0 radical (unpaired) electrons. The molecule has 2 heterocycles. The van der Waals surface area contributed by atoms with Gasteiger partial charge in [0.2, 0.25) is 0 Å². The fraction of sp³-hybridized carbons (Fsp3) is 0.125. The van der Waals surface area contributed by atoms with Gasteiger partial charge in [0.1, 0.15) is 11.5 Å². The van der Waals surface area contributed by atoms with E-state index in [1.807, 2.05) is 0 Å². The zero-order valence-electron chi connectivity index (χ0n) is 7.23. The van der Waals surface area contributed by atoms with E-state index in [1.165, 1.54) is 6.33 Å². The largest absolute Gasteiger partial charge is 0.476 e. The number of carbonyl (C=O) groups is 1. The molecule has 2 rings (SSSR count). The zero-order chi connectivity index (χ0) is 10.3. The molecular weight excluding hydrogens is 206 g/mol. The summed E-state index contributed by atoms with van der Waals surface area (Å²) in [6.07, 6.45) is 1.41. The number of carboxylic acid groups (broad SMARTS) is 1. The lowest BCUT2D eigenvalue weighted by atomic mass is 10.4. The number of rotatable bonds is 1. The zero-order valence-corrected chi connectivity index (χ0v) is 7.99. The van der Waals surface area contributed by atoms with Crippen molar-refractivity contribution in [2.75, 3.05) is 0 Å². The lowest BCUT2D eigenvalue weighted by molar-refractivity contribution is 0.0693. The minimum absolute atomic E-state index is 0.0874. The van der Waals surface area contributed by atoms with E-state index in [9.17, 15) is 4.79 Å². The molecule has 0 spiro atoms. The number of halogens is 1. The Labute approximate surface area is 84.0 Å². The molecule has 0 aliphatic carbocycles. The van der Waals surface area contributed by atoms with Crippen molar-refractivity contribution >= 4 is 23.2 Å². The topological polar surface area (TPSA) is 67.5 Å². The molecule has 0 aromatic carbocycles. The molecule has 0 amide bonds. The van der Waals surface area contributed by atoms with Crippen LogP contribution in [0.15, 0.2) is 12.4 Å². The molecule has 5 nitrogen and oxygen atoms in total. The highest BCUT2D eigenvalue weighted by molar-refractivity contribution is 6.29.